The van der Waals surface area contributed by atoms with Gasteiger partial charge >= 0.3 is 5.97 Å². The summed E-state index contributed by atoms with van der Waals surface area (Å²) in [5.41, 5.74) is 0.441. The Hall–Kier alpha value is -2.53. The molecule has 2 rings (SSSR count). The van der Waals surface area contributed by atoms with Crippen molar-refractivity contribution < 1.29 is 19.1 Å². The summed E-state index contributed by atoms with van der Waals surface area (Å²) in [7, 11) is 1.28. The summed E-state index contributed by atoms with van der Waals surface area (Å²) < 4.78 is 10.3. The first-order chi connectivity index (χ1) is 11.1. The molecule has 0 spiro atoms. The number of amides is 1. The number of rotatable bonds is 6. The summed E-state index contributed by atoms with van der Waals surface area (Å²) in [6.07, 6.45) is 0.0295. The highest BCUT2D eigenvalue weighted by Gasteiger charge is 2.11. The molecule has 23 heavy (non-hydrogen) atoms. The Bertz CT molecular complexity index is 688. The number of carbonyl (C=O) groups excluding carboxylic acids is 2. The van der Waals surface area contributed by atoms with Crippen LogP contribution in [0.15, 0.2) is 48.5 Å². The van der Waals surface area contributed by atoms with Crippen LogP contribution in [0.3, 0.4) is 0 Å². The van der Waals surface area contributed by atoms with E-state index in [0.29, 0.717) is 22.2 Å². The number of hydrogen-bond donors (Lipinski definition) is 1. The van der Waals surface area contributed by atoms with Gasteiger partial charge in [-0.05, 0) is 30.3 Å². The molecule has 0 radical (unpaired) electrons. The van der Waals surface area contributed by atoms with E-state index in [1.807, 2.05) is 18.2 Å². The first-order valence-electron chi connectivity index (χ1n) is 6.97. The maximum absolute atomic E-state index is 11.9. The van der Waals surface area contributed by atoms with E-state index in [9.17, 15) is 9.59 Å². The van der Waals surface area contributed by atoms with E-state index in [2.05, 4.69) is 10.1 Å². The fourth-order valence-electron chi connectivity index (χ4n) is 1.83. The monoisotopic (exact) mass is 333 g/mol. The van der Waals surface area contributed by atoms with Crippen molar-refractivity contribution in [1.29, 1.82) is 0 Å². The van der Waals surface area contributed by atoms with Gasteiger partial charge in [0.05, 0.1) is 19.2 Å². The topological polar surface area (TPSA) is 64.6 Å². The van der Waals surface area contributed by atoms with Crippen molar-refractivity contribution in [2.45, 2.75) is 12.8 Å². The summed E-state index contributed by atoms with van der Waals surface area (Å²) in [6.45, 7) is 0. The van der Waals surface area contributed by atoms with E-state index in [1.54, 1.807) is 30.3 Å². The fraction of sp³-hybridized carbons (Fsp3) is 0.176. The van der Waals surface area contributed by atoms with E-state index >= 15 is 0 Å². The number of benzene rings is 2. The van der Waals surface area contributed by atoms with Crippen molar-refractivity contribution >= 4 is 29.2 Å². The lowest BCUT2D eigenvalue weighted by Gasteiger charge is -2.12. The molecule has 0 fully saturated rings. The van der Waals surface area contributed by atoms with Crippen molar-refractivity contribution in [3.63, 3.8) is 0 Å². The van der Waals surface area contributed by atoms with Crippen LogP contribution in [0.25, 0.3) is 0 Å². The van der Waals surface area contributed by atoms with Gasteiger partial charge in [0.2, 0.25) is 5.91 Å². The maximum atomic E-state index is 11.9. The van der Waals surface area contributed by atoms with Crippen molar-refractivity contribution in [3.05, 3.63) is 53.6 Å². The minimum atomic E-state index is -0.438. The highest BCUT2D eigenvalue weighted by Crippen LogP contribution is 2.32. The standard InChI is InChI=1S/C17H16ClNO4/c1-22-17(21)10-9-16(20)19-14-11-12(18)7-8-15(14)23-13-5-3-2-4-6-13/h2-8,11H,9-10H2,1H3,(H,19,20). The van der Waals surface area contributed by atoms with E-state index in [0.717, 1.165) is 0 Å². The number of anilines is 1. The Morgan fingerprint density at radius 2 is 1.83 bits per heavy atom. The van der Waals surface area contributed by atoms with Crippen LogP contribution in [-0.4, -0.2) is 19.0 Å². The second kappa shape index (κ2) is 8.19. The Balaban J connectivity index is 2.09. The molecule has 0 atom stereocenters. The molecule has 5 nitrogen and oxygen atoms in total. The van der Waals surface area contributed by atoms with Crippen LogP contribution < -0.4 is 10.1 Å². The average molecular weight is 334 g/mol. The zero-order chi connectivity index (χ0) is 16.7. The molecule has 0 saturated heterocycles. The first-order valence-corrected chi connectivity index (χ1v) is 7.35. The average Bonchev–Trinajstić information content (AvgIpc) is 2.56. The highest BCUT2D eigenvalue weighted by molar-refractivity contribution is 6.31. The van der Waals surface area contributed by atoms with Gasteiger partial charge in [-0.2, -0.15) is 0 Å². The molecule has 0 aliphatic heterocycles. The Labute approximate surface area is 139 Å². The molecular formula is C17H16ClNO4. The lowest BCUT2D eigenvalue weighted by atomic mass is 10.2. The second-order valence-corrected chi connectivity index (χ2v) is 5.12. The smallest absolute Gasteiger partial charge is 0.306 e. The van der Waals surface area contributed by atoms with Gasteiger partial charge in [-0.1, -0.05) is 29.8 Å². The van der Waals surface area contributed by atoms with Gasteiger partial charge in [-0.3, -0.25) is 9.59 Å². The summed E-state index contributed by atoms with van der Waals surface area (Å²) in [5, 5.41) is 3.16. The van der Waals surface area contributed by atoms with Crippen LogP contribution in [0, 0.1) is 0 Å². The summed E-state index contributed by atoms with van der Waals surface area (Å²) in [6, 6.07) is 14.1. The lowest BCUT2D eigenvalue weighted by molar-refractivity contribution is -0.141. The molecule has 0 aliphatic carbocycles. The van der Waals surface area contributed by atoms with Crippen LogP contribution in [0.5, 0.6) is 11.5 Å². The van der Waals surface area contributed by atoms with Gasteiger partial charge in [0, 0.05) is 11.4 Å². The summed E-state index contributed by atoms with van der Waals surface area (Å²) >= 11 is 5.97. The van der Waals surface area contributed by atoms with E-state index < -0.39 is 5.97 Å². The predicted octanol–water partition coefficient (Wildman–Crippen LogP) is 4.02. The molecule has 120 valence electrons. The highest BCUT2D eigenvalue weighted by atomic mass is 35.5. The SMILES string of the molecule is COC(=O)CCC(=O)Nc1cc(Cl)ccc1Oc1ccccc1. The number of ether oxygens (including phenoxy) is 2. The van der Waals surface area contributed by atoms with E-state index in [1.165, 1.54) is 7.11 Å². The molecule has 6 heteroatoms. The molecule has 0 unspecified atom stereocenters. The molecule has 0 heterocycles. The molecular weight excluding hydrogens is 318 g/mol. The zero-order valence-corrected chi connectivity index (χ0v) is 13.3. The van der Waals surface area contributed by atoms with Gasteiger partial charge < -0.3 is 14.8 Å². The number of hydrogen-bond acceptors (Lipinski definition) is 4. The Morgan fingerprint density at radius 1 is 1.09 bits per heavy atom. The van der Waals surface area contributed by atoms with Crippen LogP contribution in [-0.2, 0) is 14.3 Å². The van der Waals surface area contributed by atoms with Crippen LogP contribution in [0.1, 0.15) is 12.8 Å². The van der Waals surface area contributed by atoms with E-state index in [4.69, 9.17) is 16.3 Å². The number of halogens is 1. The van der Waals surface area contributed by atoms with Gasteiger partial charge in [-0.25, -0.2) is 0 Å². The van der Waals surface area contributed by atoms with Crippen LogP contribution in [0.2, 0.25) is 5.02 Å². The van der Waals surface area contributed by atoms with Crippen LogP contribution in [0.4, 0.5) is 5.69 Å². The van der Waals surface area contributed by atoms with Crippen molar-refractivity contribution in [1.82, 2.24) is 0 Å². The van der Waals surface area contributed by atoms with Crippen molar-refractivity contribution in [2.24, 2.45) is 0 Å². The quantitative estimate of drug-likeness (QED) is 0.811. The normalized spacial score (nSPS) is 10.0. The third-order valence-electron chi connectivity index (χ3n) is 2.97. The number of esters is 1. The molecule has 0 aliphatic rings. The summed E-state index contributed by atoms with van der Waals surface area (Å²) in [4.78, 5) is 23.0. The number of nitrogens with one attached hydrogen (secondary N) is 1. The van der Waals surface area contributed by atoms with Crippen molar-refractivity contribution in [3.8, 4) is 11.5 Å². The van der Waals surface area contributed by atoms with Crippen LogP contribution >= 0.6 is 11.6 Å². The first kappa shape index (κ1) is 16.8. The molecule has 2 aromatic rings. The molecule has 0 saturated carbocycles. The van der Waals surface area contributed by atoms with Gasteiger partial charge in [0.25, 0.3) is 0 Å². The van der Waals surface area contributed by atoms with E-state index in [-0.39, 0.29) is 18.7 Å². The van der Waals surface area contributed by atoms with Gasteiger partial charge in [0.1, 0.15) is 5.75 Å². The minimum absolute atomic E-state index is 0.0117. The Kier molecular flexibility index (Phi) is 6.00. The number of methoxy groups -OCH3 is 1. The zero-order valence-electron chi connectivity index (χ0n) is 12.5. The largest absolute Gasteiger partial charge is 0.469 e. The number of carbonyl (C=O) groups is 2. The Morgan fingerprint density at radius 3 is 2.52 bits per heavy atom. The molecule has 1 amide bonds. The maximum Gasteiger partial charge on any atom is 0.306 e. The third-order valence-corrected chi connectivity index (χ3v) is 3.21. The predicted molar refractivity (Wildman–Crippen MR) is 87.8 cm³/mol. The van der Waals surface area contributed by atoms with Gasteiger partial charge in [0.15, 0.2) is 5.75 Å². The van der Waals surface area contributed by atoms with Gasteiger partial charge in [-0.15, -0.1) is 0 Å². The second-order valence-electron chi connectivity index (χ2n) is 4.68. The van der Waals surface area contributed by atoms with Crippen molar-refractivity contribution in [2.75, 3.05) is 12.4 Å². The molecule has 1 N–H and O–H groups in total. The minimum Gasteiger partial charge on any atom is -0.469 e. The fourth-order valence-corrected chi connectivity index (χ4v) is 2.01. The molecule has 0 aromatic heterocycles. The molecule has 2 aromatic carbocycles. The third kappa shape index (κ3) is 5.30. The lowest BCUT2D eigenvalue weighted by Crippen LogP contribution is -2.14. The summed E-state index contributed by atoms with van der Waals surface area (Å²) in [5.74, 6) is 0.342. The number of para-hydroxylation sites is 1. The molecule has 0 bridgehead atoms.